The topological polar surface area (TPSA) is 82.2 Å². The predicted molar refractivity (Wildman–Crippen MR) is 131 cm³/mol. The van der Waals surface area contributed by atoms with Crippen LogP contribution in [0.1, 0.15) is 50.4 Å². The summed E-state index contributed by atoms with van der Waals surface area (Å²) >= 11 is 0. The standard InChI is InChI=1S/C26H38N4O4/c1-4-11-28-13-15-29(16-14-28)20-8-6-19(7-9-20)25(32)27-23(18(3)5-2)26(33)30-12-10-22-24(30)21(31)17-34-22/h6-9,18,22-24H,4-5,10-17H2,1-3H3,(H,27,32)/t18?,22-,23?,24-/m1/s1. The van der Waals surface area contributed by atoms with Gasteiger partial charge in [-0.2, -0.15) is 0 Å². The highest BCUT2D eigenvalue weighted by Gasteiger charge is 2.48. The van der Waals surface area contributed by atoms with Crippen LogP contribution in [0.4, 0.5) is 5.69 Å². The Morgan fingerprint density at radius 1 is 1.09 bits per heavy atom. The minimum Gasteiger partial charge on any atom is -0.369 e. The van der Waals surface area contributed by atoms with Crippen LogP contribution in [0.25, 0.3) is 0 Å². The van der Waals surface area contributed by atoms with E-state index >= 15 is 0 Å². The van der Waals surface area contributed by atoms with Crippen LogP contribution in [0.3, 0.4) is 0 Å². The van der Waals surface area contributed by atoms with Crippen molar-refractivity contribution in [3.8, 4) is 0 Å². The van der Waals surface area contributed by atoms with Crippen LogP contribution < -0.4 is 10.2 Å². The number of amides is 2. The Balaban J connectivity index is 1.40. The van der Waals surface area contributed by atoms with Gasteiger partial charge in [0.15, 0.2) is 5.78 Å². The summed E-state index contributed by atoms with van der Waals surface area (Å²) in [6, 6.07) is 6.47. The van der Waals surface area contributed by atoms with Crippen molar-refractivity contribution in [2.75, 3.05) is 50.8 Å². The summed E-state index contributed by atoms with van der Waals surface area (Å²) in [5.74, 6) is -0.541. The number of piperazine rings is 1. The summed E-state index contributed by atoms with van der Waals surface area (Å²) in [5.41, 5.74) is 1.65. The van der Waals surface area contributed by atoms with E-state index in [0.29, 0.717) is 18.5 Å². The van der Waals surface area contributed by atoms with Gasteiger partial charge in [-0.1, -0.05) is 27.2 Å². The molecule has 0 aliphatic carbocycles. The molecule has 0 saturated carbocycles. The molecule has 0 radical (unpaired) electrons. The second-order valence-corrected chi connectivity index (χ2v) is 9.79. The molecule has 2 amide bonds. The highest BCUT2D eigenvalue weighted by Crippen LogP contribution is 2.28. The molecule has 3 heterocycles. The van der Waals surface area contributed by atoms with Crippen molar-refractivity contribution in [3.63, 3.8) is 0 Å². The molecule has 2 unspecified atom stereocenters. The molecule has 0 spiro atoms. The number of carbonyl (C=O) groups is 3. The number of nitrogens with zero attached hydrogens (tertiary/aromatic N) is 3. The summed E-state index contributed by atoms with van der Waals surface area (Å²) in [6.45, 7) is 12.0. The average Bonchev–Trinajstić information content (AvgIpc) is 3.45. The van der Waals surface area contributed by atoms with Gasteiger partial charge < -0.3 is 19.9 Å². The number of Topliss-reactive ketones (excluding diaryl/α,β-unsaturated/α-hetero) is 1. The largest absolute Gasteiger partial charge is 0.369 e. The number of anilines is 1. The highest BCUT2D eigenvalue weighted by atomic mass is 16.5. The van der Waals surface area contributed by atoms with Gasteiger partial charge in [0.25, 0.3) is 5.91 Å². The Bertz CT molecular complexity index is 881. The van der Waals surface area contributed by atoms with Crippen molar-refractivity contribution in [2.24, 2.45) is 5.92 Å². The lowest BCUT2D eigenvalue weighted by Gasteiger charge is -2.36. The van der Waals surface area contributed by atoms with Gasteiger partial charge in [-0.05, 0) is 49.6 Å². The van der Waals surface area contributed by atoms with Crippen molar-refractivity contribution in [3.05, 3.63) is 29.8 Å². The van der Waals surface area contributed by atoms with Crippen LogP contribution in [-0.2, 0) is 14.3 Å². The minimum atomic E-state index is -0.670. The van der Waals surface area contributed by atoms with Gasteiger partial charge in [0.1, 0.15) is 18.7 Å². The number of fused-ring (bicyclic) bond motifs is 1. The number of rotatable bonds is 8. The van der Waals surface area contributed by atoms with E-state index in [1.54, 1.807) is 4.90 Å². The normalized spacial score (nSPS) is 24.7. The van der Waals surface area contributed by atoms with E-state index in [0.717, 1.165) is 44.8 Å². The zero-order valence-electron chi connectivity index (χ0n) is 20.7. The zero-order valence-corrected chi connectivity index (χ0v) is 20.7. The Hall–Kier alpha value is -2.45. The van der Waals surface area contributed by atoms with Gasteiger partial charge >= 0.3 is 0 Å². The fourth-order valence-electron chi connectivity index (χ4n) is 5.30. The summed E-state index contributed by atoms with van der Waals surface area (Å²) < 4.78 is 5.53. The van der Waals surface area contributed by atoms with Crippen LogP contribution in [0, 0.1) is 5.92 Å². The quantitative estimate of drug-likeness (QED) is 0.625. The molecular weight excluding hydrogens is 432 g/mol. The number of nitrogens with one attached hydrogen (secondary N) is 1. The molecule has 1 N–H and O–H groups in total. The molecule has 8 nitrogen and oxygen atoms in total. The molecule has 1 aromatic rings. The van der Waals surface area contributed by atoms with Crippen LogP contribution in [-0.4, -0.2) is 91.5 Å². The van der Waals surface area contributed by atoms with Gasteiger partial charge in [0, 0.05) is 44.0 Å². The SMILES string of the molecule is CCCN1CCN(c2ccc(C(=O)NC(C(=O)N3CC[C@H]4OCC(=O)[C@H]43)C(C)CC)cc2)CC1. The molecule has 1 aromatic carbocycles. The first kappa shape index (κ1) is 24.7. The Morgan fingerprint density at radius 2 is 1.79 bits per heavy atom. The lowest BCUT2D eigenvalue weighted by Crippen LogP contribution is -2.54. The maximum absolute atomic E-state index is 13.4. The molecule has 0 bridgehead atoms. The first-order valence-corrected chi connectivity index (χ1v) is 12.8. The number of likely N-dealkylation sites (tertiary alicyclic amines) is 1. The Kier molecular flexibility index (Phi) is 7.88. The first-order chi connectivity index (χ1) is 16.4. The van der Waals surface area contributed by atoms with Crippen molar-refractivity contribution >= 4 is 23.3 Å². The van der Waals surface area contributed by atoms with Crippen molar-refractivity contribution in [2.45, 2.75) is 58.2 Å². The van der Waals surface area contributed by atoms with Crippen LogP contribution >= 0.6 is 0 Å². The van der Waals surface area contributed by atoms with Crippen LogP contribution in [0.5, 0.6) is 0 Å². The molecular formula is C26H38N4O4. The number of benzene rings is 1. The number of ether oxygens (including phenoxy) is 1. The molecule has 4 atom stereocenters. The molecule has 3 aliphatic heterocycles. The smallest absolute Gasteiger partial charge is 0.251 e. The number of hydrogen-bond donors (Lipinski definition) is 1. The van der Waals surface area contributed by atoms with E-state index in [4.69, 9.17) is 4.74 Å². The maximum atomic E-state index is 13.4. The van der Waals surface area contributed by atoms with Crippen LogP contribution in [0.2, 0.25) is 0 Å². The average molecular weight is 471 g/mol. The third-order valence-corrected chi connectivity index (χ3v) is 7.57. The molecule has 4 rings (SSSR count). The van der Waals surface area contributed by atoms with E-state index in [1.165, 1.54) is 6.42 Å². The third kappa shape index (κ3) is 5.13. The van der Waals surface area contributed by atoms with E-state index < -0.39 is 12.1 Å². The number of hydrogen-bond acceptors (Lipinski definition) is 6. The van der Waals surface area contributed by atoms with Crippen molar-refractivity contribution < 1.29 is 19.1 Å². The van der Waals surface area contributed by atoms with Crippen molar-refractivity contribution in [1.29, 1.82) is 0 Å². The van der Waals surface area contributed by atoms with Crippen LogP contribution in [0.15, 0.2) is 24.3 Å². The first-order valence-electron chi connectivity index (χ1n) is 12.8. The van der Waals surface area contributed by atoms with Crippen molar-refractivity contribution in [1.82, 2.24) is 15.1 Å². The van der Waals surface area contributed by atoms with E-state index in [2.05, 4.69) is 22.0 Å². The summed E-state index contributed by atoms with van der Waals surface area (Å²) in [4.78, 5) is 45.3. The fourth-order valence-corrected chi connectivity index (χ4v) is 5.30. The number of carbonyl (C=O) groups excluding carboxylic acids is 3. The monoisotopic (exact) mass is 470 g/mol. The zero-order chi connectivity index (χ0) is 24.2. The molecule has 8 heteroatoms. The molecule has 3 fully saturated rings. The second-order valence-electron chi connectivity index (χ2n) is 9.79. The number of ketones is 1. The maximum Gasteiger partial charge on any atom is 0.251 e. The molecule has 0 aromatic heterocycles. The Labute approximate surface area is 202 Å². The lowest BCUT2D eigenvalue weighted by molar-refractivity contribution is -0.139. The molecule has 3 saturated heterocycles. The summed E-state index contributed by atoms with van der Waals surface area (Å²) in [5, 5.41) is 2.97. The minimum absolute atomic E-state index is 0.0452. The second kappa shape index (κ2) is 10.9. The van der Waals surface area contributed by atoms with Gasteiger partial charge in [-0.15, -0.1) is 0 Å². The predicted octanol–water partition coefficient (Wildman–Crippen LogP) is 1.93. The highest BCUT2D eigenvalue weighted by molar-refractivity contribution is 5.99. The van der Waals surface area contributed by atoms with E-state index in [9.17, 15) is 14.4 Å². The van der Waals surface area contributed by atoms with Gasteiger partial charge in [0.05, 0.1) is 6.10 Å². The summed E-state index contributed by atoms with van der Waals surface area (Å²) in [7, 11) is 0. The lowest BCUT2D eigenvalue weighted by atomic mass is 9.96. The van der Waals surface area contributed by atoms with Gasteiger partial charge in [0.2, 0.25) is 5.91 Å². The molecule has 186 valence electrons. The third-order valence-electron chi connectivity index (χ3n) is 7.57. The molecule has 3 aliphatic rings. The van der Waals surface area contributed by atoms with E-state index in [1.807, 2.05) is 38.1 Å². The fraction of sp³-hybridized carbons (Fsp3) is 0.654. The van der Waals surface area contributed by atoms with E-state index in [-0.39, 0.29) is 36.2 Å². The molecule has 34 heavy (non-hydrogen) atoms. The van der Waals surface area contributed by atoms with Gasteiger partial charge in [-0.3, -0.25) is 19.3 Å². The summed E-state index contributed by atoms with van der Waals surface area (Å²) in [6.07, 6.45) is 2.37. The Morgan fingerprint density at radius 3 is 2.44 bits per heavy atom. The van der Waals surface area contributed by atoms with Gasteiger partial charge in [-0.25, -0.2) is 0 Å².